The Balaban J connectivity index is 1.76. The van der Waals surface area contributed by atoms with E-state index < -0.39 is 5.54 Å². The number of amides is 2. The summed E-state index contributed by atoms with van der Waals surface area (Å²) < 4.78 is 5.35. The number of nitrogens with zero attached hydrogens (tertiary/aromatic N) is 1. The van der Waals surface area contributed by atoms with E-state index in [-0.39, 0.29) is 17.6 Å². The molecule has 0 fully saturated rings. The number of thioether (sulfide) groups is 1. The second-order valence-electron chi connectivity index (χ2n) is 6.71. The van der Waals surface area contributed by atoms with Gasteiger partial charge in [0.05, 0.1) is 24.2 Å². The molecule has 1 aliphatic rings. The summed E-state index contributed by atoms with van der Waals surface area (Å²) in [5.41, 5.74) is 1.34. The van der Waals surface area contributed by atoms with Crippen molar-refractivity contribution in [3.05, 3.63) is 53.1 Å². The molecular formula is C20H21ClN2O3S. The van der Waals surface area contributed by atoms with Crippen molar-refractivity contribution < 1.29 is 14.3 Å². The normalized spacial score (nSPS) is 15.1. The van der Waals surface area contributed by atoms with E-state index in [4.69, 9.17) is 16.3 Å². The monoisotopic (exact) mass is 404 g/mol. The number of methoxy groups -OCH3 is 1. The third-order valence-corrected chi connectivity index (χ3v) is 5.68. The quantitative estimate of drug-likeness (QED) is 0.805. The Kier molecular flexibility index (Phi) is 5.67. The van der Waals surface area contributed by atoms with Gasteiger partial charge in [0.15, 0.2) is 0 Å². The molecule has 1 heterocycles. The van der Waals surface area contributed by atoms with Crippen molar-refractivity contribution in [1.29, 1.82) is 0 Å². The van der Waals surface area contributed by atoms with E-state index in [1.54, 1.807) is 38.0 Å². The fourth-order valence-electron chi connectivity index (χ4n) is 3.07. The van der Waals surface area contributed by atoms with Crippen molar-refractivity contribution >= 4 is 46.6 Å². The third kappa shape index (κ3) is 3.92. The lowest BCUT2D eigenvalue weighted by Crippen LogP contribution is -2.58. The number of rotatable bonds is 5. The average Bonchev–Trinajstić information content (AvgIpc) is 2.62. The highest BCUT2D eigenvalue weighted by Gasteiger charge is 2.43. The molecular weight excluding hydrogens is 384 g/mol. The van der Waals surface area contributed by atoms with Crippen LogP contribution in [0.15, 0.2) is 42.5 Å². The maximum absolute atomic E-state index is 13.0. The van der Waals surface area contributed by atoms with Crippen LogP contribution in [-0.4, -0.2) is 30.2 Å². The molecule has 5 nitrogen and oxygen atoms in total. The number of ether oxygens (including phenoxy) is 1. The van der Waals surface area contributed by atoms with Gasteiger partial charge in [-0.25, -0.2) is 0 Å². The van der Waals surface area contributed by atoms with E-state index in [0.717, 1.165) is 11.3 Å². The minimum Gasteiger partial charge on any atom is -0.496 e. The molecule has 7 heteroatoms. The zero-order valence-electron chi connectivity index (χ0n) is 15.4. The molecule has 0 aliphatic carbocycles. The molecule has 0 atom stereocenters. The van der Waals surface area contributed by atoms with Crippen molar-refractivity contribution in [2.24, 2.45) is 0 Å². The molecule has 142 valence electrons. The second kappa shape index (κ2) is 7.82. The van der Waals surface area contributed by atoms with Crippen LogP contribution in [0.1, 0.15) is 19.4 Å². The maximum Gasteiger partial charge on any atom is 0.250 e. The summed E-state index contributed by atoms with van der Waals surface area (Å²) in [5.74, 6) is 1.24. The number of carbonyl (C=O) groups excluding carboxylic acids is 2. The number of benzene rings is 2. The summed E-state index contributed by atoms with van der Waals surface area (Å²) in [5, 5.41) is 3.49. The van der Waals surface area contributed by atoms with Gasteiger partial charge in [-0.1, -0.05) is 23.7 Å². The van der Waals surface area contributed by atoms with Gasteiger partial charge < -0.3 is 10.1 Å². The number of para-hydroxylation sites is 2. The smallest absolute Gasteiger partial charge is 0.250 e. The van der Waals surface area contributed by atoms with Crippen molar-refractivity contribution in [1.82, 2.24) is 0 Å². The molecule has 0 bridgehead atoms. The van der Waals surface area contributed by atoms with E-state index in [9.17, 15) is 9.59 Å². The first kappa shape index (κ1) is 19.6. The van der Waals surface area contributed by atoms with E-state index in [2.05, 4.69) is 5.32 Å². The van der Waals surface area contributed by atoms with Gasteiger partial charge in [0.1, 0.15) is 11.3 Å². The summed E-state index contributed by atoms with van der Waals surface area (Å²) in [6.45, 7) is 3.50. The Morgan fingerprint density at radius 1 is 1.26 bits per heavy atom. The zero-order valence-corrected chi connectivity index (χ0v) is 17.0. The largest absolute Gasteiger partial charge is 0.496 e. The summed E-state index contributed by atoms with van der Waals surface area (Å²) >= 11 is 7.52. The number of nitrogens with one attached hydrogen (secondary N) is 1. The molecule has 0 saturated heterocycles. The third-order valence-electron chi connectivity index (χ3n) is 4.48. The highest BCUT2D eigenvalue weighted by molar-refractivity contribution is 7.99. The summed E-state index contributed by atoms with van der Waals surface area (Å²) in [7, 11) is 1.61. The lowest BCUT2D eigenvalue weighted by molar-refractivity contribution is -0.125. The van der Waals surface area contributed by atoms with Crippen molar-refractivity contribution in [2.75, 3.05) is 23.1 Å². The summed E-state index contributed by atoms with van der Waals surface area (Å²) in [6.07, 6.45) is 0. The van der Waals surface area contributed by atoms with Crippen LogP contribution in [0.25, 0.3) is 0 Å². The topological polar surface area (TPSA) is 58.6 Å². The van der Waals surface area contributed by atoms with Crippen LogP contribution in [0, 0.1) is 0 Å². The van der Waals surface area contributed by atoms with Crippen LogP contribution >= 0.6 is 23.4 Å². The SMILES string of the molecule is COc1ccc(Cl)cc1CSCC(=O)N1c2ccccc2NC(=O)C1(C)C. The van der Waals surface area contributed by atoms with Gasteiger partial charge in [0.2, 0.25) is 11.8 Å². The second-order valence-corrected chi connectivity index (χ2v) is 8.13. The van der Waals surface area contributed by atoms with E-state index >= 15 is 0 Å². The van der Waals surface area contributed by atoms with Crippen molar-refractivity contribution in [3.63, 3.8) is 0 Å². The van der Waals surface area contributed by atoms with Gasteiger partial charge in [-0.15, -0.1) is 11.8 Å². The number of halogens is 1. The molecule has 0 spiro atoms. The van der Waals surface area contributed by atoms with Crippen LogP contribution < -0.4 is 15.0 Å². The highest BCUT2D eigenvalue weighted by Crippen LogP contribution is 2.37. The molecule has 0 aromatic heterocycles. The Hall–Kier alpha value is -2.18. The number of fused-ring (bicyclic) bond motifs is 1. The Morgan fingerprint density at radius 3 is 2.74 bits per heavy atom. The molecule has 2 aromatic carbocycles. The fourth-order valence-corrected chi connectivity index (χ4v) is 4.12. The van der Waals surface area contributed by atoms with Gasteiger partial charge in [0.25, 0.3) is 0 Å². The predicted octanol–water partition coefficient (Wildman–Crippen LogP) is 4.35. The van der Waals surface area contributed by atoms with Crippen LogP contribution in [0.5, 0.6) is 5.75 Å². The minimum absolute atomic E-state index is 0.117. The number of hydrogen-bond acceptors (Lipinski definition) is 4. The summed E-state index contributed by atoms with van der Waals surface area (Å²) in [6, 6.07) is 12.8. The molecule has 27 heavy (non-hydrogen) atoms. The Bertz CT molecular complexity index is 885. The number of hydrogen-bond donors (Lipinski definition) is 1. The first-order valence-electron chi connectivity index (χ1n) is 8.48. The van der Waals surface area contributed by atoms with Gasteiger partial charge in [0, 0.05) is 16.3 Å². The molecule has 0 radical (unpaired) electrons. The molecule has 3 rings (SSSR count). The van der Waals surface area contributed by atoms with E-state index in [0.29, 0.717) is 22.2 Å². The molecule has 1 N–H and O–H groups in total. The predicted molar refractivity (Wildman–Crippen MR) is 111 cm³/mol. The van der Waals surface area contributed by atoms with Crippen molar-refractivity contribution in [2.45, 2.75) is 25.1 Å². The molecule has 2 aromatic rings. The first-order valence-corrected chi connectivity index (χ1v) is 10.0. The maximum atomic E-state index is 13.0. The summed E-state index contributed by atoms with van der Waals surface area (Å²) in [4.78, 5) is 27.1. The lowest BCUT2D eigenvalue weighted by atomic mass is 9.96. The first-order chi connectivity index (χ1) is 12.8. The number of anilines is 2. The van der Waals surface area contributed by atoms with Crippen LogP contribution in [0.4, 0.5) is 11.4 Å². The van der Waals surface area contributed by atoms with Crippen molar-refractivity contribution in [3.8, 4) is 5.75 Å². The van der Waals surface area contributed by atoms with Gasteiger partial charge >= 0.3 is 0 Å². The fraction of sp³-hybridized carbons (Fsp3) is 0.300. The van der Waals surface area contributed by atoms with Gasteiger partial charge in [-0.05, 0) is 44.2 Å². The van der Waals surface area contributed by atoms with Crippen LogP contribution in [-0.2, 0) is 15.3 Å². The van der Waals surface area contributed by atoms with E-state index in [1.165, 1.54) is 11.8 Å². The van der Waals surface area contributed by atoms with Crippen LogP contribution in [0.3, 0.4) is 0 Å². The lowest BCUT2D eigenvalue weighted by Gasteiger charge is -2.42. The molecule has 2 amide bonds. The minimum atomic E-state index is -0.959. The average molecular weight is 405 g/mol. The molecule has 1 aliphatic heterocycles. The number of carbonyl (C=O) groups is 2. The highest BCUT2D eigenvalue weighted by atomic mass is 35.5. The zero-order chi connectivity index (χ0) is 19.6. The van der Waals surface area contributed by atoms with E-state index in [1.807, 2.05) is 30.3 Å². The Morgan fingerprint density at radius 2 is 2.00 bits per heavy atom. The van der Waals surface area contributed by atoms with Gasteiger partial charge in [-0.3, -0.25) is 14.5 Å². The Labute approximate surface area is 168 Å². The van der Waals surface area contributed by atoms with Gasteiger partial charge in [-0.2, -0.15) is 0 Å². The molecule has 0 saturated carbocycles. The standard InChI is InChI=1S/C20H21ClN2O3S/c1-20(2)19(25)22-15-6-4-5-7-16(15)23(20)18(24)12-27-11-13-10-14(21)8-9-17(13)26-3/h4-10H,11-12H2,1-3H3,(H,22,25). The van der Waals surface area contributed by atoms with Crippen LogP contribution in [0.2, 0.25) is 5.02 Å². The molecule has 0 unspecified atom stereocenters.